The summed E-state index contributed by atoms with van der Waals surface area (Å²) in [4.78, 5) is 41.4. The van der Waals surface area contributed by atoms with Crippen LogP contribution in [-0.4, -0.2) is 97.3 Å². The third kappa shape index (κ3) is 6.30. The number of likely N-dealkylation sites (tertiary alicyclic amines) is 1. The fourth-order valence-corrected chi connectivity index (χ4v) is 9.81. The molecule has 4 aliphatic heterocycles. The first-order valence-corrected chi connectivity index (χ1v) is 17.8. The second-order valence-corrected chi connectivity index (χ2v) is 15.2. The predicted octanol–water partition coefficient (Wildman–Crippen LogP) is -0.0214. The van der Waals surface area contributed by atoms with E-state index in [-0.39, 0.29) is 66.9 Å². The van der Waals surface area contributed by atoms with Crippen LogP contribution in [0.5, 0.6) is 0 Å². The van der Waals surface area contributed by atoms with Gasteiger partial charge in [0.1, 0.15) is 23.5 Å². The summed E-state index contributed by atoms with van der Waals surface area (Å²) < 4.78 is 19.7. The lowest BCUT2D eigenvalue weighted by Crippen LogP contribution is -2.96. The zero-order valence-corrected chi connectivity index (χ0v) is 27.9. The number of hydrogen-bond acceptors (Lipinski definition) is 8. The number of carbonyl (C=O) groups excluding carboxylic acids is 3. The third-order valence-corrected chi connectivity index (χ3v) is 12.3. The maximum absolute atomic E-state index is 13.6. The lowest BCUT2D eigenvalue weighted by Gasteiger charge is -2.54. The van der Waals surface area contributed by atoms with Crippen molar-refractivity contribution in [3.63, 3.8) is 0 Å². The Labute approximate surface area is 273 Å². The number of nitrogens with zero attached hydrogens (tertiary/aromatic N) is 1. The predicted molar refractivity (Wildman–Crippen MR) is 169 cm³/mol. The van der Waals surface area contributed by atoms with E-state index in [1.807, 2.05) is 11.8 Å². The van der Waals surface area contributed by atoms with Gasteiger partial charge in [0.15, 0.2) is 0 Å². The molecule has 2 aliphatic carbocycles. The molecule has 1 amide bonds. The summed E-state index contributed by atoms with van der Waals surface area (Å²) in [7, 11) is 2.07. The molecule has 10 atom stereocenters. The number of aliphatic hydroxyl groups excluding tert-OH is 1. The molecule has 256 valence electrons. The molecule has 0 aromatic heterocycles. The number of rotatable bonds is 9. The fourth-order valence-electron chi connectivity index (χ4n) is 9.81. The summed E-state index contributed by atoms with van der Waals surface area (Å²) in [6.45, 7) is 7.12. The highest BCUT2D eigenvalue weighted by atomic mass is 16.6. The van der Waals surface area contributed by atoms with Gasteiger partial charge in [-0.25, -0.2) is 4.79 Å². The number of piperidine rings is 1. The molecule has 6 aliphatic rings. The standard InChI is InChI=1S/C35H54N4O7/c1-4-22(9-11-40)33(43)46-34(2)10-5-6-27(35(34)16-24-12-23-7-8-32(42)44-28(23)15-29(24)45-35)26-14-30(36)38-18-25(26)13-31(41)39-19-21(20-39)17-37-3/h4-6,21,23-30,37-38,40H,7-20,36H2,1-3H3/p+2. The molecule has 0 radical (unpaired) electrons. The van der Waals surface area contributed by atoms with Crippen molar-refractivity contribution in [2.24, 2.45) is 41.2 Å². The minimum Gasteiger partial charge on any atom is -0.462 e. The Morgan fingerprint density at radius 2 is 2.04 bits per heavy atom. The Morgan fingerprint density at radius 1 is 1.24 bits per heavy atom. The van der Waals surface area contributed by atoms with E-state index in [4.69, 9.17) is 19.9 Å². The molecular formula is C35H56N4O7+2. The number of aliphatic hydroxyl groups is 1. The first kappa shape index (κ1) is 33.6. The summed E-state index contributed by atoms with van der Waals surface area (Å²) in [6.07, 6.45) is 11.3. The van der Waals surface area contributed by atoms with E-state index >= 15 is 0 Å². The van der Waals surface area contributed by atoms with E-state index in [0.29, 0.717) is 43.1 Å². The van der Waals surface area contributed by atoms with Crippen molar-refractivity contribution in [1.82, 2.24) is 4.90 Å². The number of carbonyl (C=O) groups is 3. The summed E-state index contributed by atoms with van der Waals surface area (Å²) in [5, 5.41) is 14.0. The van der Waals surface area contributed by atoms with E-state index in [1.165, 1.54) is 0 Å². The van der Waals surface area contributed by atoms with Crippen LogP contribution in [0.15, 0.2) is 23.8 Å². The maximum Gasteiger partial charge on any atom is 0.334 e. The SMILES string of the molecule is CC=C(CCO)C(=O)OC1(C)CC=CC(C2CC(N)[NH2+]CC2CC(=O)N2CC(C[NH2+]C)C2)C12CC1CC3CCC(=O)OC3CC1O2. The zero-order valence-electron chi connectivity index (χ0n) is 27.9. The smallest absolute Gasteiger partial charge is 0.334 e. The van der Waals surface area contributed by atoms with Gasteiger partial charge in [-0.2, -0.15) is 0 Å². The van der Waals surface area contributed by atoms with E-state index in [9.17, 15) is 19.5 Å². The van der Waals surface area contributed by atoms with Crippen LogP contribution in [0, 0.1) is 35.5 Å². The molecule has 4 saturated heterocycles. The molecule has 11 heteroatoms. The summed E-state index contributed by atoms with van der Waals surface area (Å²) in [6, 6.07) is 0. The Kier molecular flexibility index (Phi) is 9.98. The van der Waals surface area contributed by atoms with E-state index in [1.54, 1.807) is 13.0 Å². The average molecular weight is 645 g/mol. The second-order valence-electron chi connectivity index (χ2n) is 15.2. The molecule has 0 aromatic rings. The van der Waals surface area contributed by atoms with Crippen molar-refractivity contribution < 1.29 is 44.3 Å². The number of fused-ring (bicyclic) bond motifs is 2. The largest absolute Gasteiger partial charge is 0.462 e. The Bertz CT molecular complexity index is 1220. The number of amides is 1. The van der Waals surface area contributed by atoms with Crippen LogP contribution in [0.4, 0.5) is 0 Å². The van der Waals surface area contributed by atoms with Crippen LogP contribution in [0.1, 0.15) is 71.6 Å². The highest BCUT2D eigenvalue weighted by molar-refractivity contribution is 5.88. The van der Waals surface area contributed by atoms with Gasteiger partial charge in [-0.3, -0.25) is 15.3 Å². The second kappa shape index (κ2) is 13.7. The van der Waals surface area contributed by atoms with Crippen LogP contribution < -0.4 is 16.4 Å². The van der Waals surface area contributed by atoms with Crippen molar-refractivity contribution in [3.8, 4) is 0 Å². The first-order chi connectivity index (χ1) is 22.1. The third-order valence-electron chi connectivity index (χ3n) is 12.3. The van der Waals surface area contributed by atoms with Crippen molar-refractivity contribution in [2.75, 3.05) is 39.8 Å². The van der Waals surface area contributed by atoms with Gasteiger partial charge in [-0.1, -0.05) is 18.2 Å². The topological polar surface area (TPSA) is 162 Å². The average Bonchev–Trinajstić information content (AvgIpc) is 3.38. The summed E-state index contributed by atoms with van der Waals surface area (Å²) in [5.74, 6) is 0.835. The molecule has 0 bridgehead atoms. The summed E-state index contributed by atoms with van der Waals surface area (Å²) >= 11 is 0. The Morgan fingerprint density at radius 3 is 2.78 bits per heavy atom. The Hall–Kier alpha value is -2.31. The van der Waals surface area contributed by atoms with Crippen LogP contribution in [-0.2, 0) is 28.6 Å². The monoisotopic (exact) mass is 644 g/mol. The van der Waals surface area contributed by atoms with Crippen LogP contribution in [0.3, 0.4) is 0 Å². The molecule has 46 heavy (non-hydrogen) atoms. The number of allylic oxidation sites excluding steroid dienone is 1. The van der Waals surface area contributed by atoms with Crippen molar-refractivity contribution in [3.05, 3.63) is 23.8 Å². The van der Waals surface area contributed by atoms with Gasteiger partial charge in [-0.15, -0.1) is 0 Å². The number of nitrogens with two attached hydrogens (primary N) is 3. The van der Waals surface area contributed by atoms with Gasteiger partial charge in [0.25, 0.3) is 0 Å². The molecule has 0 aromatic carbocycles. The molecule has 1 saturated carbocycles. The fraction of sp³-hybridized carbons (Fsp3) is 0.800. The minimum atomic E-state index is -0.979. The van der Waals surface area contributed by atoms with E-state index in [2.05, 4.69) is 29.8 Å². The number of esters is 2. The number of quaternary nitrogens is 2. The van der Waals surface area contributed by atoms with Crippen LogP contribution in [0.2, 0.25) is 0 Å². The van der Waals surface area contributed by atoms with Gasteiger partial charge >= 0.3 is 11.9 Å². The van der Waals surface area contributed by atoms with Gasteiger partial charge in [0.2, 0.25) is 5.91 Å². The zero-order chi connectivity index (χ0) is 32.6. The molecule has 7 N–H and O–H groups in total. The first-order valence-electron chi connectivity index (χ1n) is 17.8. The quantitative estimate of drug-likeness (QED) is 0.155. The molecular weight excluding hydrogens is 588 g/mol. The van der Waals surface area contributed by atoms with Gasteiger partial charge in [0, 0.05) is 81.5 Å². The van der Waals surface area contributed by atoms with Crippen LogP contribution >= 0.6 is 0 Å². The Balaban J connectivity index is 1.31. The number of ether oxygens (including phenoxy) is 3. The lowest BCUT2D eigenvalue weighted by atomic mass is 9.58. The molecule has 5 fully saturated rings. The highest BCUT2D eigenvalue weighted by Crippen LogP contribution is 2.59. The minimum absolute atomic E-state index is 0.0680. The molecule has 10 unspecified atom stereocenters. The van der Waals surface area contributed by atoms with Gasteiger partial charge in [-0.05, 0) is 50.9 Å². The van der Waals surface area contributed by atoms with Crippen molar-refractivity contribution in [2.45, 2.75) is 101 Å². The maximum atomic E-state index is 13.6. The normalized spacial score (nSPS) is 41.0. The van der Waals surface area contributed by atoms with Crippen molar-refractivity contribution in [1.29, 1.82) is 0 Å². The number of hydrogen-bond donors (Lipinski definition) is 4. The van der Waals surface area contributed by atoms with E-state index < -0.39 is 17.2 Å². The molecule has 11 nitrogen and oxygen atoms in total. The van der Waals surface area contributed by atoms with Gasteiger partial charge in [0.05, 0.1) is 26.2 Å². The molecule has 1 spiro atoms. The van der Waals surface area contributed by atoms with Crippen molar-refractivity contribution >= 4 is 17.8 Å². The lowest BCUT2D eigenvalue weighted by molar-refractivity contribution is -0.706. The van der Waals surface area contributed by atoms with E-state index in [0.717, 1.165) is 51.9 Å². The highest BCUT2D eigenvalue weighted by Gasteiger charge is 2.66. The molecule has 6 rings (SSSR count). The molecule has 4 heterocycles. The summed E-state index contributed by atoms with van der Waals surface area (Å²) in [5.41, 5.74) is 5.27. The van der Waals surface area contributed by atoms with Crippen LogP contribution in [0.25, 0.3) is 0 Å². The van der Waals surface area contributed by atoms with Gasteiger partial charge < -0.3 is 34.9 Å².